The van der Waals surface area contributed by atoms with Gasteiger partial charge in [-0.3, -0.25) is 0 Å². The van der Waals surface area contributed by atoms with Gasteiger partial charge in [0.1, 0.15) is 6.79 Å². The number of hydrogen-bond donors (Lipinski definition) is 0. The number of ether oxygens (including phenoxy) is 2. The van der Waals surface area contributed by atoms with Gasteiger partial charge in [-0.15, -0.1) is 0 Å². The molecule has 1 aliphatic heterocycles. The minimum atomic E-state index is 0.500. The van der Waals surface area contributed by atoms with E-state index in [2.05, 4.69) is 6.07 Å². The molecule has 0 bridgehead atoms. The Hall–Kier alpha value is -0.570. The zero-order valence-electron chi connectivity index (χ0n) is 7.25. The third-order valence-electron chi connectivity index (χ3n) is 2.02. The molecular formula is C10H11ClO2. The van der Waals surface area contributed by atoms with Gasteiger partial charge in [0.25, 0.3) is 0 Å². The molecule has 0 aromatic rings. The van der Waals surface area contributed by atoms with Crippen molar-refractivity contribution in [3.63, 3.8) is 0 Å². The van der Waals surface area contributed by atoms with Gasteiger partial charge in [-0.25, -0.2) is 0 Å². The van der Waals surface area contributed by atoms with E-state index < -0.39 is 0 Å². The van der Waals surface area contributed by atoms with E-state index in [1.807, 2.05) is 12.1 Å². The van der Waals surface area contributed by atoms with Gasteiger partial charge in [0.15, 0.2) is 0 Å². The SMILES string of the molecule is C1COCOC1.Clc1cc2ccc1=2. The van der Waals surface area contributed by atoms with Crippen LogP contribution >= 0.6 is 11.6 Å². The Balaban J connectivity index is 0.000000102. The third-order valence-corrected chi connectivity index (χ3v) is 2.34. The van der Waals surface area contributed by atoms with E-state index in [0.717, 1.165) is 24.7 Å². The Labute approximate surface area is 81.7 Å². The summed E-state index contributed by atoms with van der Waals surface area (Å²) >= 11 is 5.60. The highest BCUT2D eigenvalue weighted by Gasteiger charge is 1.99. The first kappa shape index (κ1) is 9.00. The third kappa shape index (κ3) is 2.02. The first-order valence-electron chi connectivity index (χ1n) is 4.33. The molecule has 13 heavy (non-hydrogen) atoms. The van der Waals surface area contributed by atoms with E-state index in [4.69, 9.17) is 21.1 Å². The molecule has 0 aromatic carbocycles. The van der Waals surface area contributed by atoms with Crippen LogP contribution in [0.3, 0.4) is 0 Å². The van der Waals surface area contributed by atoms with Crippen molar-refractivity contribution in [3.8, 4) is 0 Å². The summed E-state index contributed by atoms with van der Waals surface area (Å²) in [4.78, 5) is 0. The lowest BCUT2D eigenvalue weighted by Crippen LogP contribution is -2.11. The lowest BCUT2D eigenvalue weighted by molar-refractivity contribution is -0.0963. The number of hydrogen-bond acceptors (Lipinski definition) is 2. The molecule has 3 rings (SSSR count). The van der Waals surface area contributed by atoms with E-state index in [-0.39, 0.29) is 0 Å². The average Bonchev–Trinajstić information content (AvgIpc) is 2.17. The van der Waals surface area contributed by atoms with Crippen molar-refractivity contribution in [1.82, 2.24) is 0 Å². The largest absolute Gasteiger partial charge is 0.355 e. The van der Waals surface area contributed by atoms with Gasteiger partial charge in [-0.2, -0.15) is 0 Å². The molecule has 0 aromatic heterocycles. The van der Waals surface area contributed by atoms with E-state index in [0.29, 0.717) is 6.79 Å². The van der Waals surface area contributed by atoms with Crippen molar-refractivity contribution in [2.45, 2.75) is 6.42 Å². The summed E-state index contributed by atoms with van der Waals surface area (Å²) in [7, 11) is 0. The molecule has 3 aliphatic rings. The summed E-state index contributed by atoms with van der Waals surface area (Å²) in [5, 5.41) is 3.46. The average molecular weight is 199 g/mol. The predicted molar refractivity (Wildman–Crippen MR) is 50.5 cm³/mol. The van der Waals surface area contributed by atoms with Gasteiger partial charge in [0, 0.05) is 10.2 Å². The Morgan fingerprint density at radius 2 is 1.92 bits per heavy atom. The predicted octanol–water partition coefficient (Wildman–Crippen LogP) is 2.32. The highest BCUT2D eigenvalue weighted by atomic mass is 35.5. The first-order chi connectivity index (χ1) is 6.38. The van der Waals surface area contributed by atoms with Crippen LogP contribution in [0, 0.1) is 10.4 Å². The highest BCUT2D eigenvalue weighted by molar-refractivity contribution is 6.31. The molecular weight excluding hydrogens is 188 g/mol. The molecule has 1 fully saturated rings. The molecule has 1 heterocycles. The van der Waals surface area contributed by atoms with E-state index in [1.165, 1.54) is 10.4 Å². The minimum Gasteiger partial charge on any atom is -0.355 e. The standard InChI is InChI=1S/C6H3Cl.C4H8O2/c7-6-3-4-1-2-5(4)6;1-2-5-4-6-3-1/h1-3H;1-4H2. The Kier molecular flexibility index (Phi) is 2.83. The van der Waals surface area contributed by atoms with Gasteiger partial charge in [-0.1, -0.05) is 23.7 Å². The van der Waals surface area contributed by atoms with E-state index >= 15 is 0 Å². The number of benzene rings is 1. The van der Waals surface area contributed by atoms with Gasteiger partial charge in [0.2, 0.25) is 0 Å². The van der Waals surface area contributed by atoms with Crippen LogP contribution < -0.4 is 0 Å². The van der Waals surface area contributed by atoms with Crippen molar-refractivity contribution < 1.29 is 9.47 Å². The van der Waals surface area contributed by atoms with Crippen LogP contribution in [-0.2, 0) is 9.47 Å². The normalized spacial score (nSPS) is 17.3. The highest BCUT2D eigenvalue weighted by Crippen LogP contribution is 2.20. The fraction of sp³-hybridized carbons (Fsp3) is 0.400. The molecule has 2 nitrogen and oxygen atoms in total. The molecule has 0 radical (unpaired) electrons. The van der Waals surface area contributed by atoms with Crippen molar-refractivity contribution in [2.75, 3.05) is 20.0 Å². The lowest BCUT2D eigenvalue weighted by Gasteiger charge is -2.09. The zero-order valence-corrected chi connectivity index (χ0v) is 8.01. The summed E-state index contributed by atoms with van der Waals surface area (Å²) in [5.74, 6) is 0. The van der Waals surface area contributed by atoms with Crippen molar-refractivity contribution >= 4 is 11.6 Å². The maximum Gasteiger partial charge on any atom is 0.146 e. The van der Waals surface area contributed by atoms with Gasteiger partial charge >= 0.3 is 0 Å². The second-order valence-corrected chi connectivity index (χ2v) is 3.39. The molecule has 0 atom stereocenters. The summed E-state index contributed by atoms with van der Waals surface area (Å²) in [6.45, 7) is 2.25. The topological polar surface area (TPSA) is 18.5 Å². The van der Waals surface area contributed by atoms with Gasteiger partial charge < -0.3 is 9.47 Å². The van der Waals surface area contributed by atoms with Crippen LogP contribution in [-0.4, -0.2) is 20.0 Å². The lowest BCUT2D eigenvalue weighted by atomic mass is 10.1. The fourth-order valence-electron chi connectivity index (χ4n) is 1.18. The minimum absolute atomic E-state index is 0.500. The summed E-state index contributed by atoms with van der Waals surface area (Å²) in [6.07, 6.45) is 1.06. The van der Waals surface area contributed by atoms with E-state index in [1.54, 1.807) is 0 Å². The van der Waals surface area contributed by atoms with Gasteiger partial charge in [-0.05, 0) is 17.7 Å². The quantitative estimate of drug-likeness (QED) is 0.647. The number of rotatable bonds is 0. The Morgan fingerprint density at radius 3 is 2.00 bits per heavy atom. The first-order valence-corrected chi connectivity index (χ1v) is 4.71. The van der Waals surface area contributed by atoms with Crippen molar-refractivity contribution in [3.05, 3.63) is 33.7 Å². The van der Waals surface area contributed by atoms with Crippen molar-refractivity contribution in [2.24, 2.45) is 0 Å². The summed E-state index contributed by atoms with van der Waals surface area (Å²) in [5.41, 5.74) is 0. The molecule has 3 heteroatoms. The maximum atomic E-state index is 5.60. The molecule has 0 saturated carbocycles. The Morgan fingerprint density at radius 1 is 1.15 bits per heavy atom. The molecule has 1 saturated heterocycles. The van der Waals surface area contributed by atoms with Crippen LogP contribution in [0.4, 0.5) is 0 Å². The molecule has 0 N–H and O–H groups in total. The monoisotopic (exact) mass is 198 g/mol. The van der Waals surface area contributed by atoms with E-state index in [9.17, 15) is 0 Å². The van der Waals surface area contributed by atoms with Crippen LogP contribution in [0.25, 0.3) is 0 Å². The second kappa shape index (κ2) is 4.09. The molecule has 0 amide bonds. The van der Waals surface area contributed by atoms with Crippen LogP contribution in [0.1, 0.15) is 6.42 Å². The fourth-order valence-corrected chi connectivity index (χ4v) is 1.47. The molecule has 0 unspecified atom stereocenters. The zero-order chi connectivity index (χ0) is 9.10. The summed E-state index contributed by atoms with van der Waals surface area (Å²) in [6, 6.07) is 6.05. The molecule has 70 valence electrons. The van der Waals surface area contributed by atoms with Crippen molar-refractivity contribution in [1.29, 1.82) is 0 Å². The van der Waals surface area contributed by atoms with Crippen LogP contribution in [0.2, 0.25) is 5.02 Å². The summed E-state index contributed by atoms with van der Waals surface area (Å²) < 4.78 is 9.69. The Bertz CT molecular complexity index is 359. The molecule has 0 spiro atoms. The van der Waals surface area contributed by atoms with Crippen LogP contribution in [0.15, 0.2) is 18.2 Å². The molecule has 2 aliphatic carbocycles. The second-order valence-electron chi connectivity index (χ2n) is 2.98. The van der Waals surface area contributed by atoms with Crippen LogP contribution in [0.5, 0.6) is 0 Å². The smallest absolute Gasteiger partial charge is 0.146 e. The maximum absolute atomic E-state index is 5.60. The van der Waals surface area contributed by atoms with Gasteiger partial charge in [0.05, 0.1) is 13.2 Å². The number of halogens is 1.